The summed E-state index contributed by atoms with van der Waals surface area (Å²) in [5.41, 5.74) is 6.09. The van der Waals surface area contributed by atoms with Crippen LogP contribution in [0.1, 0.15) is 61.3 Å². The van der Waals surface area contributed by atoms with E-state index in [0.717, 1.165) is 35.5 Å². The van der Waals surface area contributed by atoms with Crippen LogP contribution in [-0.4, -0.2) is 15.7 Å². The van der Waals surface area contributed by atoms with E-state index in [4.69, 9.17) is 5.10 Å². The third-order valence-corrected chi connectivity index (χ3v) is 8.40. The number of aromatic nitrogens is 2. The summed E-state index contributed by atoms with van der Waals surface area (Å²) in [5, 5.41) is 16.5. The molecule has 6 heteroatoms. The Morgan fingerprint density at radius 3 is 2.17 bits per heavy atom. The first kappa shape index (κ1) is 22.4. The summed E-state index contributed by atoms with van der Waals surface area (Å²) < 4.78 is 2.01. The molecule has 6 nitrogen and oxygen atoms in total. The van der Waals surface area contributed by atoms with Crippen molar-refractivity contribution in [3.8, 4) is 5.69 Å². The van der Waals surface area contributed by atoms with E-state index < -0.39 is 0 Å². The first-order valence-corrected chi connectivity index (χ1v) is 12.5. The quantitative estimate of drug-likeness (QED) is 0.300. The maximum absolute atomic E-state index is 13.6. The van der Waals surface area contributed by atoms with Gasteiger partial charge in [0.15, 0.2) is 5.69 Å². The second-order valence-electron chi connectivity index (χ2n) is 10.5. The number of nitrogens with one attached hydrogen (secondary N) is 1. The summed E-state index contributed by atoms with van der Waals surface area (Å²) in [6.45, 7) is 7.01. The maximum Gasteiger partial charge on any atom is 0.276 e. The zero-order valence-electron chi connectivity index (χ0n) is 20.8. The molecule has 2 bridgehead atoms. The van der Waals surface area contributed by atoms with E-state index in [1.54, 1.807) is 0 Å². The van der Waals surface area contributed by atoms with E-state index in [2.05, 4.69) is 48.4 Å². The lowest BCUT2D eigenvalue weighted by Gasteiger charge is -2.35. The summed E-state index contributed by atoms with van der Waals surface area (Å²) in [6.07, 6.45) is 2.19. The highest BCUT2D eigenvalue weighted by molar-refractivity contribution is 6.04. The Labute approximate surface area is 211 Å². The molecule has 3 aromatic carbocycles. The standard InChI is InChI=1S/C30H29N5O/c1-29(2)24-18-19-30(29,3)27-25(24)26(34-35(27)23-12-8-5-9-13-23)28(36)31-20-14-16-22(17-15-20)33-32-21-10-6-4-7-11-21/h4-17,24H,18-19H2,1-3H3,(H,31,36). The highest BCUT2D eigenvalue weighted by atomic mass is 16.2. The van der Waals surface area contributed by atoms with Gasteiger partial charge in [0, 0.05) is 16.7 Å². The zero-order valence-corrected chi connectivity index (χ0v) is 20.8. The number of benzene rings is 3. The second-order valence-corrected chi connectivity index (χ2v) is 10.5. The van der Waals surface area contributed by atoms with Gasteiger partial charge in [0.1, 0.15) is 0 Å². The summed E-state index contributed by atoms with van der Waals surface area (Å²) in [7, 11) is 0. The number of amides is 1. The van der Waals surface area contributed by atoms with E-state index in [-0.39, 0.29) is 16.7 Å². The van der Waals surface area contributed by atoms with Gasteiger partial charge in [0.2, 0.25) is 0 Å². The number of rotatable bonds is 5. The lowest BCUT2D eigenvalue weighted by atomic mass is 9.70. The molecule has 1 aromatic heterocycles. The Hall–Kier alpha value is -4.06. The Bertz CT molecular complexity index is 1450. The van der Waals surface area contributed by atoms with E-state index in [9.17, 15) is 4.79 Å². The Morgan fingerprint density at radius 2 is 1.50 bits per heavy atom. The zero-order chi connectivity index (χ0) is 24.9. The highest BCUT2D eigenvalue weighted by Crippen LogP contribution is 2.68. The van der Waals surface area contributed by atoms with Gasteiger partial charge in [-0.3, -0.25) is 4.79 Å². The largest absolute Gasteiger partial charge is 0.321 e. The predicted octanol–water partition coefficient (Wildman–Crippen LogP) is 7.71. The van der Waals surface area contributed by atoms with Gasteiger partial charge in [-0.15, -0.1) is 0 Å². The number of fused-ring (bicyclic) bond motifs is 5. The second kappa shape index (κ2) is 8.26. The minimum Gasteiger partial charge on any atom is -0.321 e. The van der Waals surface area contributed by atoms with Crippen molar-refractivity contribution in [1.82, 2.24) is 9.78 Å². The van der Waals surface area contributed by atoms with Crippen molar-refractivity contribution in [2.24, 2.45) is 15.6 Å². The van der Waals surface area contributed by atoms with Gasteiger partial charge < -0.3 is 5.32 Å². The van der Waals surface area contributed by atoms with Gasteiger partial charge >= 0.3 is 0 Å². The molecule has 2 aliphatic rings. The number of hydrogen-bond donors (Lipinski definition) is 1. The predicted molar refractivity (Wildman–Crippen MR) is 142 cm³/mol. The first-order valence-electron chi connectivity index (χ1n) is 12.5. The van der Waals surface area contributed by atoms with Gasteiger partial charge in [-0.05, 0) is 72.7 Å². The molecule has 1 N–H and O–H groups in total. The SMILES string of the molecule is CC12CCC(c3c(C(=O)Nc4ccc(N=Nc5ccccc5)cc4)nn(-c4ccccc4)c31)C2(C)C. The van der Waals surface area contributed by atoms with Crippen molar-refractivity contribution < 1.29 is 4.79 Å². The van der Waals surface area contributed by atoms with Crippen LogP contribution in [0.4, 0.5) is 17.1 Å². The number of carbonyl (C=O) groups is 1. The lowest BCUT2D eigenvalue weighted by molar-refractivity contribution is 0.101. The smallest absolute Gasteiger partial charge is 0.276 e. The number of nitrogens with zero attached hydrogens (tertiary/aromatic N) is 4. The number of para-hydroxylation sites is 1. The molecular formula is C30H29N5O. The van der Waals surface area contributed by atoms with E-state index in [1.165, 1.54) is 5.69 Å². The minimum absolute atomic E-state index is 0.0280. The Kier molecular flexibility index (Phi) is 5.14. The third kappa shape index (κ3) is 3.40. The minimum atomic E-state index is -0.174. The molecule has 0 radical (unpaired) electrons. The van der Waals surface area contributed by atoms with E-state index >= 15 is 0 Å². The molecule has 0 spiro atoms. The number of carbonyl (C=O) groups excluding carboxylic acids is 1. The van der Waals surface area contributed by atoms with Crippen molar-refractivity contribution in [2.75, 3.05) is 5.32 Å². The summed E-state index contributed by atoms with van der Waals surface area (Å²) in [6, 6.07) is 27.1. The van der Waals surface area contributed by atoms with Crippen molar-refractivity contribution in [1.29, 1.82) is 0 Å². The van der Waals surface area contributed by atoms with Crippen LogP contribution in [0, 0.1) is 5.41 Å². The maximum atomic E-state index is 13.6. The monoisotopic (exact) mass is 475 g/mol. The summed E-state index contributed by atoms with van der Waals surface area (Å²) >= 11 is 0. The fraction of sp³-hybridized carbons (Fsp3) is 0.267. The molecule has 180 valence electrons. The molecule has 6 rings (SSSR count). The number of anilines is 1. The van der Waals surface area contributed by atoms with Crippen LogP contribution in [0.25, 0.3) is 5.69 Å². The fourth-order valence-corrected chi connectivity index (χ4v) is 6.06. The van der Waals surface area contributed by atoms with Gasteiger partial charge in [-0.2, -0.15) is 15.3 Å². The molecule has 1 fully saturated rings. The molecule has 2 atom stereocenters. The van der Waals surface area contributed by atoms with Gasteiger partial charge in [-0.25, -0.2) is 4.68 Å². The van der Waals surface area contributed by atoms with Crippen molar-refractivity contribution in [3.63, 3.8) is 0 Å². The molecule has 1 saturated carbocycles. The highest BCUT2D eigenvalue weighted by Gasteiger charge is 2.63. The average Bonchev–Trinajstić information content (AvgIpc) is 3.46. The molecule has 1 heterocycles. The number of azo groups is 1. The molecule has 2 aliphatic carbocycles. The summed E-state index contributed by atoms with van der Waals surface area (Å²) in [5.74, 6) is 0.142. The third-order valence-electron chi connectivity index (χ3n) is 8.40. The van der Waals surface area contributed by atoms with Gasteiger partial charge in [-0.1, -0.05) is 57.2 Å². The average molecular weight is 476 g/mol. The van der Waals surface area contributed by atoms with Gasteiger partial charge in [0.25, 0.3) is 5.91 Å². The van der Waals surface area contributed by atoms with E-state index in [1.807, 2.05) is 77.5 Å². The Morgan fingerprint density at radius 1 is 0.889 bits per heavy atom. The molecule has 1 amide bonds. The van der Waals surface area contributed by atoms with Crippen molar-refractivity contribution in [3.05, 3.63) is 102 Å². The number of hydrogen-bond acceptors (Lipinski definition) is 4. The molecule has 4 aromatic rings. The van der Waals surface area contributed by atoms with Crippen LogP contribution in [0.15, 0.2) is 95.2 Å². The van der Waals surface area contributed by atoms with Crippen molar-refractivity contribution in [2.45, 2.75) is 44.9 Å². The molecule has 0 aliphatic heterocycles. The van der Waals surface area contributed by atoms with Crippen LogP contribution >= 0.6 is 0 Å². The van der Waals surface area contributed by atoms with Crippen molar-refractivity contribution >= 4 is 23.0 Å². The van der Waals surface area contributed by atoms with Crippen LogP contribution in [0.3, 0.4) is 0 Å². The van der Waals surface area contributed by atoms with Gasteiger partial charge in [0.05, 0.1) is 22.8 Å². The van der Waals surface area contributed by atoms with Crippen LogP contribution in [-0.2, 0) is 5.41 Å². The lowest BCUT2D eigenvalue weighted by Crippen LogP contribution is -2.33. The molecular weight excluding hydrogens is 446 g/mol. The first-order chi connectivity index (χ1) is 17.4. The normalized spacial score (nSPS) is 21.6. The van der Waals surface area contributed by atoms with E-state index in [0.29, 0.717) is 17.3 Å². The van der Waals surface area contributed by atoms with Crippen LogP contribution in [0.2, 0.25) is 0 Å². The topological polar surface area (TPSA) is 71.6 Å². The van der Waals surface area contributed by atoms with Crippen LogP contribution in [0.5, 0.6) is 0 Å². The Balaban J connectivity index is 1.31. The molecule has 0 saturated heterocycles. The fourth-order valence-electron chi connectivity index (χ4n) is 6.06. The van der Waals surface area contributed by atoms with Crippen LogP contribution < -0.4 is 5.32 Å². The molecule has 36 heavy (non-hydrogen) atoms. The molecule has 2 unspecified atom stereocenters. The summed E-state index contributed by atoms with van der Waals surface area (Å²) in [4.78, 5) is 13.6.